The highest BCUT2D eigenvalue weighted by Crippen LogP contribution is 2.37. The molecule has 0 aliphatic rings. The molecule has 3 rings (SSSR count). The fourth-order valence-corrected chi connectivity index (χ4v) is 2.55. The molecule has 1 heterocycles. The Morgan fingerprint density at radius 3 is 2.68 bits per heavy atom. The van der Waals surface area contributed by atoms with Crippen molar-refractivity contribution in [2.45, 2.75) is 6.92 Å². The van der Waals surface area contributed by atoms with E-state index in [0.29, 0.717) is 16.8 Å². The first-order valence-electron chi connectivity index (χ1n) is 6.88. The molecule has 0 amide bonds. The summed E-state index contributed by atoms with van der Waals surface area (Å²) in [6, 6.07) is 12.5. The molecule has 2 aromatic carbocycles. The molecule has 22 heavy (non-hydrogen) atoms. The third kappa shape index (κ3) is 2.29. The van der Waals surface area contributed by atoms with Gasteiger partial charge < -0.3 is 9.84 Å². The molecule has 3 aromatic rings. The molecule has 0 saturated carbocycles. The number of nitrogens with zero attached hydrogens (tertiary/aromatic N) is 1. The van der Waals surface area contributed by atoms with Crippen molar-refractivity contribution in [1.82, 2.24) is 4.98 Å². The smallest absolute Gasteiger partial charge is 0.221 e. The van der Waals surface area contributed by atoms with Gasteiger partial charge in [-0.15, -0.1) is 0 Å². The number of hydrogen-bond acceptors (Lipinski definition) is 4. The van der Waals surface area contributed by atoms with Crippen LogP contribution in [0.25, 0.3) is 21.9 Å². The van der Waals surface area contributed by atoms with Gasteiger partial charge in [0.2, 0.25) is 5.88 Å². The summed E-state index contributed by atoms with van der Waals surface area (Å²) in [5.41, 5.74) is 2.21. The maximum absolute atomic E-state index is 11.6. The maximum atomic E-state index is 11.6. The van der Waals surface area contributed by atoms with Crippen molar-refractivity contribution >= 4 is 16.6 Å². The summed E-state index contributed by atoms with van der Waals surface area (Å²) in [6.07, 6.45) is 1.65. The molecule has 4 heteroatoms. The lowest BCUT2D eigenvalue weighted by Crippen LogP contribution is -1.94. The van der Waals surface area contributed by atoms with E-state index in [2.05, 4.69) is 4.98 Å². The average Bonchev–Trinajstić information content (AvgIpc) is 2.54. The molecule has 0 aliphatic carbocycles. The predicted octanol–water partition coefficient (Wildman–Crippen LogP) is 3.82. The Balaban J connectivity index is 2.32. The molecule has 0 atom stereocenters. The summed E-state index contributed by atoms with van der Waals surface area (Å²) in [5, 5.41) is 11.7. The molecule has 110 valence electrons. The van der Waals surface area contributed by atoms with Crippen LogP contribution in [-0.2, 0) is 0 Å². The number of rotatable bonds is 3. The fraction of sp³-hybridized carbons (Fsp3) is 0.111. The van der Waals surface area contributed by atoms with E-state index in [1.807, 2.05) is 18.2 Å². The van der Waals surface area contributed by atoms with Gasteiger partial charge in [-0.2, -0.15) is 0 Å². The topological polar surface area (TPSA) is 59.4 Å². The Morgan fingerprint density at radius 1 is 1.18 bits per heavy atom. The van der Waals surface area contributed by atoms with Crippen molar-refractivity contribution in [3.8, 4) is 22.8 Å². The number of methoxy groups -OCH3 is 1. The quantitative estimate of drug-likeness (QED) is 0.746. The van der Waals surface area contributed by atoms with Crippen molar-refractivity contribution in [1.29, 1.82) is 0 Å². The summed E-state index contributed by atoms with van der Waals surface area (Å²) in [7, 11) is 1.54. The summed E-state index contributed by atoms with van der Waals surface area (Å²) in [5.74, 6) is 0.607. The summed E-state index contributed by atoms with van der Waals surface area (Å²) < 4.78 is 5.26. The van der Waals surface area contributed by atoms with Gasteiger partial charge in [-0.3, -0.25) is 4.79 Å². The number of benzene rings is 2. The molecular weight excluding hydrogens is 278 g/mol. The van der Waals surface area contributed by atoms with Crippen molar-refractivity contribution in [2.75, 3.05) is 7.11 Å². The van der Waals surface area contributed by atoms with E-state index in [4.69, 9.17) is 4.74 Å². The lowest BCUT2D eigenvalue weighted by Gasteiger charge is -2.11. The highest BCUT2D eigenvalue weighted by molar-refractivity contribution is 6.03. The lowest BCUT2D eigenvalue weighted by molar-refractivity contribution is 0.101. The third-order valence-corrected chi connectivity index (χ3v) is 3.63. The second kappa shape index (κ2) is 5.48. The summed E-state index contributed by atoms with van der Waals surface area (Å²) in [4.78, 5) is 15.9. The van der Waals surface area contributed by atoms with Crippen LogP contribution >= 0.6 is 0 Å². The number of ether oxygens (including phenoxy) is 1. The molecule has 0 spiro atoms. The van der Waals surface area contributed by atoms with Gasteiger partial charge in [0, 0.05) is 28.1 Å². The number of Topliss-reactive ketones (excluding diaryl/α,β-unsaturated/α-hetero) is 1. The van der Waals surface area contributed by atoms with E-state index in [0.717, 1.165) is 16.5 Å². The number of hydrogen-bond donors (Lipinski definition) is 1. The minimum absolute atomic E-state index is 0.00292. The van der Waals surface area contributed by atoms with Crippen LogP contribution in [0.15, 0.2) is 48.7 Å². The Kier molecular flexibility index (Phi) is 3.51. The van der Waals surface area contributed by atoms with E-state index in [9.17, 15) is 9.90 Å². The fourth-order valence-electron chi connectivity index (χ4n) is 2.55. The van der Waals surface area contributed by atoms with Crippen molar-refractivity contribution in [3.63, 3.8) is 0 Å². The SMILES string of the molecule is COc1ncc(-c2cccc(C(C)=O)c2)c2c(O)cccc12. The number of aromatic hydroxyl groups is 1. The zero-order valence-corrected chi connectivity index (χ0v) is 12.3. The standard InChI is InChI=1S/C18H15NO3/c1-11(20)12-5-3-6-13(9-12)15-10-19-18(22-2)14-7-4-8-16(21)17(14)15/h3-10,21H,1-2H3. The number of carbonyl (C=O) groups is 1. The van der Waals surface area contributed by atoms with E-state index < -0.39 is 0 Å². The number of pyridine rings is 1. The van der Waals surface area contributed by atoms with E-state index in [1.165, 1.54) is 6.92 Å². The van der Waals surface area contributed by atoms with Crippen molar-refractivity contribution in [3.05, 3.63) is 54.2 Å². The molecule has 0 bridgehead atoms. The van der Waals surface area contributed by atoms with E-state index in [-0.39, 0.29) is 11.5 Å². The van der Waals surface area contributed by atoms with E-state index in [1.54, 1.807) is 37.6 Å². The van der Waals surface area contributed by atoms with Gasteiger partial charge in [-0.25, -0.2) is 4.98 Å². The molecule has 1 aromatic heterocycles. The van der Waals surface area contributed by atoms with Crippen LogP contribution < -0.4 is 4.74 Å². The minimum Gasteiger partial charge on any atom is -0.507 e. The summed E-state index contributed by atoms with van der Waals surface area (Å²) >= 11 is 0. The predicted molar refractivity (Wildman–Crippen MR) is 85.4 cm³/mol. The number of aromatic nitrogens is 1. The van der Waals surface area contributed by atoms with E-state index >= 15 is 0 Å². The number of phenols is 1. The van der Waals surface area contributed by atoms with Gasteiger partial charge >= 0.3 is 0 Å². The second-order valence-corrected chi connectivity index (χ2v) is 5.02. The van der Waals surface area contributed by atoms with Crippen LogP contribution in [0.5, 0.6) is 11.6 Å². The largest absolute Gasteiger partial charge is 0.507 e. The first-order valence-corrected chi connectivity index (χ1v) is 6.88. The molecule has 0 fully saturated rings. The van der Waals surface area contributed by atoms with Crippen LogP contribution in [0, 0.1) is 0 Å². The highest BCUT2D eigenvalue weighted by Gasteiger charge is 2.13. The molecule has 4 nitrogen and oxygen atoms in total. The van der Waals surface area contributed by atoms with Gasteiger partial charge in [0.25, 0.3) is 0 Å². The molecule has 0 radical (unpaired) electrons. The third-order valence-electron chi connectivity index (χ3n) is 3.63. The molecule has 1 N–H and O–H groups in total. The maximum Gasteiger partial charge on any atom is 0.221 e. The second-order valence-electron chi connectivity index (χ2n) is 5.02. The van der Waals surface area contributed by atoms with Gasteiger partial charge in [-0.05, 0) is 30.7 Å². The molecular formula is C18H15NO3. The summed E-state index contributed by atoms with van der Waals surface area (Å²) in [6.45, 7) is 1.53. The van der Waals surface area contributed by atoms with Gasteiger partial charge in [0.1, 0.15) is 5.75 Å². The number of ketones is 1. The van der Waals surface area contributed by atoms with Gasteiger partial charge in [0.15, 0.2) is 5.78 Å². The lowest BCUT2D eigenvalue weighted by atomic mass is 9.97. The molecule has 0 saturated heterocycles. The monoisotopic (exact) mass is 293 g/mol. The van der Waals surface area contributed by atoms with Crippen LogP contribution in [0.2, 0.25) is 0 Å². The number of carbonyl (C=O) groups excluding carboxylic acids is 1. The van der Waals surface area contributed by atoms with Crippen molar-refractivity contribution < 1.29 is 14.6 Å². The molecule has 0 unspecified atom stereocenters. The van der Waals surface area contributed by atoms with Crippen LogP contribution in [0.4, 0.5) is 0 Å². The van der Waals surface area contributed by atoms with Crippen molar-refractivity contribution in [2.24, 2.45) is 0 Å². The highest BCUT2D eigenvalue weighted by atomic mass is 16.5. The first kappa shape index (κ1) is 14.1. The number of fused-ring (bicyclic) bond motifs is 1. The van der Waals surface area contributed by atoms with Gasteiger partial charge in [-0.1, -0.05) is 24.3 Å². The first-order chi connectivity index (χ1) is 10.6. The Bertz CT molecular complexity index is 871. The normalized spacial score (nSPS) is 10.6. The zero-order valence-electron chi connectivity index (χ0n) is 12.3. The Morgan fingerprint density at radius 2 is 1.95 bits per heavy atom. The van der Waals surface area contributed by atoms with Crippen LogP contribution in [-0.4, -0.2) is 23.0 Å². The minimum atomic E-state index is -0.00292. The average molecular weight is 293 g/mol. The van der Waals surface area contributed by atoms with Crippen LogP contribution in [0.1, 0.15) is 17.3 Å². The molecule has 0 aliphatic heterocycles. The zero-order chi connectivity index (χ0) is 15.7. The van der Waals surface area contributed by atoms with Gasteiger partial charge in [0.05, 0.1) is 7.11 Å². The Hall–Kier alpha value is -2.88. The Labute approximate surface area is 128 Å². The van der Waals surface area contributed by atoms with Crippen LogP contribution in [0.3, 0.4) is 0 Å². The number of phenolic OH excluding ortho intramolecular Hbond substituents is 1.